The van der Waals surface area contributed by atoms with E-state index < -0.39 is 11.8 Å². The first kappa shape index (κ1) is 17.9. The molecule has 1 aliphatic rings. The molecule has 1 saturated heterocycles. The Balaban J connectivity index is 1.97. The van der Waals surface area contributed by atoms with Crippen LogP contribution in [0.25, 0.3) is 0 Å². The minimum absolute atomic E-state index is 0.458. The van der Waals surface area contributed by atoms with Crippen LogP contribution in [-0.2, 0) is 19.1 Å². The molecule has 2 N–H and O–H groups in total. The van der Waals surface area contributed by atoms with E-state index in [1.165, 1.54) is 0 Å². The SMILES string of the molecule is CCOCCCNC(=O)C(=O)NCCCN1CCOCC1. The highest BCUT2D eigenvalue weighted by atomic mass is 16.5. The van der Waals surface area contributed by atoms with Crippen LogP contribution in [0.5, 0.6) is 0 Å². The van der Waals surface area contributed by atoms with Crippen molar-refractivity contribution in [2.45, 2.75) is 19.8 Å². The third kappa shape index (κ3) is 8.64. The largest absolute Gasteiger partial charge is 0.382 e. The smallest absolute Gasteiger partial charge is 0.309 e. The zero-order valence-electron chi connectivity index (χ0n) is 12.9. The van der Waals surface area contributed by atoms with E-state index in [0.717, 1.165) is 39.3 Å². The van der Waals surface area contributed by atoms with Gasteiger partial charge in [0.2, 0.25) is 0 Å². The summed E-state index contributed by atoms with van der Waals surface area (Å²) >= 11 is 0. The summed E-state index contributed by atoms with van der Waals surface area (Å²) in [6.45, 7) is 8.50. The van der Waals surface area contributed by atoms with Crippen molar-refractivity contribution in [1.29, 1.82) is 0 Å². The summed E-state index contributed by atoms with van der Waals surface area (Å²) in [7, 11) is 0. The molecule has 0 aromatic heterocycles. The summed E-state index contributed by atoms with van der Waals surface area (Å²) in [5, 5.41) is 5.21. The predicted octanol–water partition coefficient (Wildman–Crippen LogP) is -0.632. The maximum absolute atomic E-state index is 11.5. The van der Waals surface area contributed by atoms with Crippen LogP contribution in [0, 0.1) is 0 Å². The summed E-state index contributed by atoms with van der Waals surface area (Å²) in [6.07, 6.45) is 1.55. The summed E-state index contributed by atoms with van der Waals surface area (Å²) < 4.78 is 10.4. The average Bonchev–Trinajstić information content (AvgIpc) is 2.52. The van der Waals surface area contributed by atoms with Crippen molar-refractivity contribution >= 4 is 11.8 Å². The summed E-state index contributed by atoms with van der Waals surface area (Å²) in [6, 6.07) is 0. The predicted molar refractivity (Wildman–Crippen MR) is 79.0 cm³/mol. The molecule has 0 aromatic rings. The molecule has 0 radical (unpaired) electrons. The lowest BCUT2D eigenvalue weighted by atomic mass is 10.3. The molecule has 1 heterocycles. The van der Waals surface area contributed by atoms with E-state index in [4.69, 9.17) is 9.47 Å². The maximum Gasteiger partial charge on any atom is 0.309 e. The van der Waals surface area contributed by atoms with E-state index in [9.17, 15) is 9.59 Å². The first-order chi connectivity index (χ1) is 10.2. The fourth-order valence-corrected chi connectivity index (χ4v) is 2.01. The zero-order valence-corrected chi connectivity index (χ0v) is 12.9. The van der Waals surface area contributed by atoms with E-state index in [2.05, 4.69) is 15.5 Å². The van der Waals surface area contributed by atoms with E-state index >= 15 is 0 Å². The lowest BCUT2D eigenvalue weighted by molar-refractivity contribution is -0.139. The van der Waals surface area contributed by atoms with Gasteiger partial charge < -0.3 is 20.1 Å². The van der Waals surface area contributed by atoms with Crippen molar-refractivity contribution < 1.29 is 19.1 Å². The summed E-state index contributed by atoms with van der Waals surface area (Å²) in [5.41, 5.74) is 0. The lowest BCUT2D eigenvalue weighted by Gasteiger charge is -2.26. The van der Waals surface area contributed by atoms with Crippen LogP contribution in [0.1, 0.15) is 19.8 Å². The fourth-order valence-electron chi connectivity index (χ4n) is 2.01. The molecule has 0 bridgehead atoms. The first-order valence-electron chi connectivity index (χ1n) is 7.68. The second kappa shape index (κ2) is 11.5. The summed E-state index contributed by atoms with van der Waals surface area (Å²) in [4.78, 5) is 25.3. The number of rotatable bonds is 9. The van der Waals surface area contributed by atoms with Crippen molar-refractivity contribution in [1.82, 2.24) is 15.5 Å². The molecule has 0 unspecified atom stereocenters. The number of hydrogen-bond acceptors (Lipinski definition) is 5. The normalized spacial score (nSPS) is 15.7. The third-order valence-electron chi connectivity index (χ3n) is 3.20. The lowest BCUT2D eigenvalue weighted by Crippen LogP contribution is -2.42. The van der Waals surface area contributed by atoms with E-state index in [1.54, 1.807) is 0 Å². The molecule has 21 heavy (non-hydrogen) atoms. The Morgan fingerprint density at radius 1 is 1.10 bits per heavy atom. The maximum atomic E-state index is 11.5. The first-order valence-corrected chi connectivity index (χ1v) is 7.68. The van der Waals surface area contributed by atoms with Gasteiger partial charge in [-0.1, -0.05) is 0 Å². The van der Waals surface area contributed by atoms with E-state index in [0.29, 0.717) is 32.7 Å². The molecule has 7 heteroatoms. The third-order valence-corrected chi connectivity index (χ3v) is 3.20. The van der Waals surface area contributed by atoms with Crippen LogP contribution >= 0.6 is 0 Å². The molecular weight excluding hydrogens is 274 g/mol. The Hall–Kier alpha value is -1.18. The Bertz CT molecular complexity index is 307. The number of nitrogens with zero attached hydrogens (tertiary/aromatic N) is 1. The van der Waals surface area contributed by atoms with Gasteiger partial charge in [-0.2, -0.15) is 0 Å². The molecule has 0 saturated carbocycles. The van der Waals surface area contributed by atoms with E-state index in [1.807, 2.05) is 6.92 Å². The van der Waals surface area contributed by atoms with Crippen molar-refractivity contribution in [2.24, 2.45) is 0 Å². The van der Waals surface area contributed by atoms with Gasteiger partial charge in [0.1, 0.15) is 0 Å². The molecule has 0 aliphatic carbocycles. The van der Waals surface area contributed by atoms with Gasteiger partial charge >= 0.3 is 11.8 Å². The molecule has 0 spiro atoms. The van der Waals surface area contributed by atoms with Gasteiger partial charge in [0, 0.05) is 39.4 Å². The highest BCUT2D eigenvalue weighted by Crippen LogP contribution is 1.97. The quantitative estimate of drug-likeness (QED) is 0.438. The van der Waals surface area contributed by atoms with Gasteiger partial charge in [-0.25, -0.2) is 0 Å². The Labute approximate surface area is 126 Å². The molecule has 1 fully saturated rings. The second-order valence-electron chi connectivity index (χ2n) is 4.87. The van der Waals surface area contributed by atoms with Crippen molar-refractivity contribution in [3.63, 3.8) is 0 Å². The Kier molecular flexibility index (Phi) is 9.77. The molecular formula is C14H27N3O4. The fraction of sp³-hybridized carbons (Fsp3) is 0.857. The van der Waals surface area contributed by atoms with Crippen molar-refractivity contribution in [2.75, 3.05) is 59.2 Å². The molecule has 1 aliphatic heterocycles. The standard InChI is InChI=1S/C14H27N3O4/c1-2-20-10-4-6-16-14(19)13(18)15-5-3-7-17-8-11-21-12-9-17/h2-12H2,1H3,(H,15,18)(H,16,19). The Morgan fingerprint density at radius 3 is 2.33 bits per heavy atom. The van der Waals surface area contributed by atoms with Gasteiger partial charge in [-0.15, -0.1) is 0 Å². The number of carbonyl (C=O) groups excluding carboxylic acids is 2. The van der Waals surface area contributed by atoms with Gasteiger partial charge in [0.25, 0.3) is 0 Å². The highest BCUT2D eigenvalue weighted by molar-refractivity contribution is 6.35. The topological polar surface area (TPSA) is 79.9 Å². The molecule has 0 aromatic carbocycles. The number of amides is 2. The number of hydrogen-bond donors (Lipinski definition) is 2. The minimum atomic E-state index is -0.571. The zero-order chi connectivity index (χ0) is 15.3. The van der Waals surface area contributed by atoms with Crippen LogP contribution in [-0.4, -0.2) is 75.9 Å². The summed E-state index contributed by atoms with van der Waals surface area (Å²) in [5.74, 6) is -1.13. The van der Waals surface area contributed by atoms with Gasteiger partial charge in [-0.05, 0) is 26.3 Å². The molecule has 0 atom stereocenters. The monoisotopic (exact) mass is 301 g/mol. The average molecular weight is 301 g/mol. The molecule has 2 amide bonds. The van der Waals surface area contributed by atoms with E-state index in [-0.39, 0.29) is 0 Å². The van der Waals surface area contributed by atoms with Crippen LogP contribution in [0.3, 0.4) is 0 Å². The van der Waals surface area contributed by atoms with Crippen LogP contribution < -0.4 is 10.6 Å². The van der Waals surface area contributed by atoms with Crippen LogP contribution in [0.4, 0.5) is 0 Å². The molecule has 1 rings (SSSR count). The van der Waals surface area contributed by atoms with Crippen molar-refractivity contribution in [3.8, 4) is 0 Å². The molecule has 7 nitrogen and oxygen atoms in total. The van der Waals surface area contributed by atoms with Crippen LogP contribution in [0.2, 0.25) is 0 Å². The number of carbonyl (C=O) groups is 2. The van der Waals surface area contributed by atoms with Gasteiger partial charge in [0.05, 0.1) is 13.2 Å². The number of morpholine rings is 1. The highest BCUT2D eigenvalue weighted by Gasteiger charge is 2.13. The Morgan fingerprint density at radius 2 is 1.71 bits per heavy atom. The minimum Gasteiger partial charge on any atom is -0.382 e. The second-order valence-corrected chi connectivity index (χ2v) is 4.87. The van der Waals surface area contributed by atoms with Gasteiger partial charge in [-0.3, -0.25) is 14.5 Å². The number of ether oxygens (including phenoxy) is 2. The number of nitrogens with one attached hydrogen (secondary N) is 2. The molecule has 122 valence electrons. The van der Waals surface area contributed by atoms with Gasteiger partial charge in [0.15, 0.2) is 0 Å². The van der Waals surface area contributed by atoms with Crippen molar-refractivity contribution in [3.05, 3.63) is 0 Å². The van der Waals surface area contributed by atoms with Crippen LogP contribution in [0.15, 0.2) is 0 Å².